The van der Waals surface area contributed by atoms with Crippen LogP contribution in [0.1, 0.15) is 44.3 Å². The lowest BCUT2D eigenvalue weighted by molar-refractivity contribution is 0.329. The van der Waals surface area contributed by atoms with Crippen molar-refractivity contribution in [1.29, 1.82) is 0 Å². The van der Waals surface area contributed by atoms with Crippen molar-refractivity contribution < 1.29 is 4.52 Å². The number of nitrogens with zero attached hydrogens (tertiary/aromatic N) is 2. The number of anilines is 1. The summed E-state index contributed by atoms with van der Waals surface area (Å²) >= 11 is 0. The lowest BCUT2D eigenvalue weighted by Gasteiger charge is -2.23. The van der Waals surface area contributed by atoms with Crippen LogP contribution in [0.15, 0.2) is 28.8 Å². The second-order valence-electron chi connectivity index (χ2n) is 5.50. The van der Waals surface area contributed by atoms with Crippen LogP contribution in [-0.4, -0.2) is 10.1 Å². The van der Waals surface area contributed by atoms with Crippen LogP contribution in [0.4, 0.5) is 5.69 Å². The fourth-order valence-corrected chi connectivity index (χ4v) is 2.72. The number of para-hydroxylation sites is 1. The monoisotopic (exact) mass is 257 g/mol. The largest absolute Gasteiger partial charge is 0.398 e. The molecule has 19 heavy (non-hydrogen) atoms. The molecular formula is C15H19N3O. The van der Waals surface area contributed by atoms with E-state index in [0.717, 1.165) is 30.1 Å². The van der Waals surface area contributed by atoms with Gasteiger partial charge in [0.15, 0.2) is 5.82 Å². The lowest BCUT2D eigenvalue weighted by Crippen LogP contribution is -2.11. The van der Waals surface area contributed by atoms with Crippen molar-refractivity contribution in [1.82, 2.24) is 10.1 Å². The number of hydrogen-bond acceptors (Lipinski definition) is 4. The Hall–Kier alpha value is -1.84. The summed E-state index contributed by atoms with van der Waals surface area (Å²) in [4.78, 5) is 4.53. The van der Waals surface area contributed by atoms with Crippen LogP contribution in [0, 0.1) is 5.92 Å². The van der Waals surface area contributed by atoms with Gasteiger partial charge in [-0.2, -0.15) is 4.98 Å². The van der Waals surface area contributed by atoms with Gasteiger partial charge < -0.3 is 10.3 Å². The number of aromatic nitrogens is 2. The van der Waals surface area contributed by atoms with Crippen molar-refractivity contribution in [2.24, 2.45) is 5.92 Å². The number of nitrogen functional groups attached to an aromatic ring is 1. The SMILES string of the molecule is CC1CCC(c2noc(-c3ccccc3N)n2)CC1. The maximum atomic E-state index is 5.93. The van der Waals surface area contributed by atoms with Crippen LogP contribution in [0.3, 0.4) is 0 Å². The Morgan fingerprint density at radius 2 is 1.89 bits per heavy atom. The van der Waals surface area contributed by atoms with Crippen LogP contribution >= 0.6 is 0 Å². The Balaban J connectivity index is 1.82. The highest BCUT2D eigenvalue weighted by Gasteiger charge is 2.24. The molecule has 4 nitrogen and oxygen atoms in total. The molecule has 0 aliphatic heterocycles. The molecule has 1 saturated carbocycles. The lowest BCUT2D eigenvalue weighted by atomic mass is 9.83. The van der Waals surface area contributed by atoms with Crippen LogP contribution in [0.5, 0.6) is 0 Å². The average Bonchev–Trinajstić information content (AvgIpc) is 2.89. The third-order valence-corrected chi connectivity index (χ3v) is 4.01. The number of benzene rings is 1. The van der Waals surface area contributed by atoms with E-state index >= 15 is 0 Å². The van der Waals surface area contributed by atoms with Gasteiger partial charge in [0.1, 0.15) is 0 Å². The van der Waals surface area contributed by atoms with Crippen LogP contribution in [-0.2, 0) is 0 Å². The summed E-state index contributed by atoms with van der Waals surface area (Å²) in [6.07, 6.45) is 4.82. The van der Waals surface area contributed by atoms with Gasteiger partial charge in [-0.15, -0.1) is 0 Å². The van der Waals surface area contributed by atoms with Crippen molar-refractivity contribution in [3.05, 3.63) is 30.1 Å². The molecule has 1 aromatic carbocycles. The minimum atomic E-state index is 0.443. The molecule has 0 atom stereocenters. The van der Waals surface area contributed by atoms with Crippen LogP contribution in [0.25, 0.3) is 11.5 Å². The first kappa shape index (κ1) is 12.2. The van der Waals surface area contributed by atoms with Crippen molar-refractivity contribution in [3.63, 3.8) is 0 Å². The van der Waals surface area contributed by atoms with Crippen LogP contribution in [0.2, 0.25) is 0 Å². The van der Waals surface area contributed by atoms with Crippen molar-refractivity contribution >= 4 is 5.69 Å². The van der Waals surface area contributed by atoms with E-state index in [2.05, 4.69) is 17.1 Å². The number of nitrogens with two attached hydrogens (primary N) is 1. The van der Waals surface area contributed by atoms with Gasteiger partial charge in [0, 0.05) is 11.6 Å². The smallest absolute Gasteiger partial charge is 0.260 e. The summed E-state index contributed by atoms with van der Waals surface area (Å²) in [5, 5.41) is 4.14. The molecule has 2 aromatic rings. The van der Waals surface area contributed by atoms with Gasteiger partial charge in [-0.3, -0.25) is 0 Å². The third kappa shape index (κ3) is 2.48. The molecule has 0 unspecified atom stereocenters. The molecule has 1 fully saturated rings. The van der Waals surface area contributed by atoms with E-state index in [1.54, 1.807) is 0 Å². The van der Waals surface area contributed by atoms with E-state index < -0.39 is 0 Å². The molecule has 0 spiro atoms. The van der Waals surface area contributed by atoms with E-state index in [1.807, 2.05) is 24.3 Å². The third-order valence-electron chi connectivity index (χ3n) is 4.01. The first-order valence-corrected chi connectivity index (χ1v) is 6.92. The summed E-state index contributed by atoms with van der Waals surface area (Å²) in [5.41, 5.74) is 7.43. The first-order chi connectivity index (χ1) is 9.24. The predicted octanol–water partition coefficient (Wildman–Crippen LogP) is 3.61. The molecule has 1 aliphatic carbocycles. The molecule has 2 N–H and O–H groups in total. The maximum Gasteiger partial charge on any atom is 0.260 e. The quantitative estimate of drug-likeness (QED) is 0.835. The molecule has 1 heterocycles. The predicted molar refractivity (Wildman–Crippen MR) is 74.5 cm³/mol. The second kappa shape index (κ2) is 5.03. The van der Waals surface area contributed by atoms with Gasteiger partial charge in [-0.05, 0) is 30.9 Å². The molecule has 0 saturated heterocycles. The summed E-state index contributed by atoms with van der Waals surface area (Å²) in [6, 6.07) is 7.59. The van der Waals surface area contributed by atoms with Gasteiger partial charge in [0.25, 0.3) is 5.89 Å². The zero-order valence-electron chi connectivity index (χ0n) is 11.2. The summed E-state index contributed by atoms with van der Waals surface area (Å²) < 4.78 is 5.37. The van der Waals surface area contributed by atoms with Gasteiger partial charge in [0.05, 0.1) is 5.56 Å². The Labute approximate surface area is 113 Å². The van der Waals surface area contributed by atoms with E-state index in [-0.39, 0.29) is 0 Å². The van der Waals surface area contributed by atoms with E-state index in [0.29, 0.717) is 17.5 Å². The Kier molecular flexibility index (Phi) is 3.23. The van der Waals surface area contributed by atoms with Crippen molar-refractivity contribution in [3.8, 4) is 11.5 Å². The van der Waals surface area contributed by atoms with Gasteiger partial charge in [0.2, 0.25) is 0 Å². The molecule has 100 valence electrons. The van der Waals surface area contributed by atoms with Crippen LogP contribution < -0.4 is 5.73 Å². The summed E-state index contributed by atoms with van der Waals surface area (Å²) in [6.45, 7) is 2.31. The Bertz CT molecular complexity index is 556. The van der Waals surface area contributed by atoms with Crippen molar-refractivity contribution in [2.75, 3.05) is 5.73 Å². The highest BCUT2D eigenvalue weighted by molar-refractivity contribution is 5.69. The first-order valence-electron chi connectivity index (χ1n) is 6.92. The number of hydrogen-bond donors (Lipinski definition) is 1. The van der Waals surface area contributed by atoms with E-state index in [4.69, 9.17) is 10.3 Å². The molecule has 0 radical (unpaired) electrons. The normalized spacial score (nSPS) is 23.4. The molecular weight excluding hydrogens is 238 g/mol. The molecule has 1 aromatic heterocycles. The highest BCUT2D eigenvalue weighted by Crippen LogP contribution is 2.35. The Morgan fingerprint density at radius 3 is 2.63 bits per heavy atom. The second-order valence-corrected chi connectivity index (χ2v) is 5.50. The Morgan fingerprint density at radius 1 is 1.16 bits per heavy atom. The molecule has 3 rings (SSSR count). The standard InChI is InChI=1S/C15H19N3O/c1-10-6-8-11(9-7-10)14-17-15(19-18-14)12-4-2-3-5-13(12)16/h2-5,10-11H,6-9,16H2,1H3. The van der Waals surface area contributed by atoms with Gasteiger partial charge >= 0.3 is 0 Å². The minimum absolute atomic E-state index is 0.443. The molecule has 0 amide bonds. The molecule has 1 aliphatic rings. The summed E-state index contributed by atoms with van der Waals surface area (Å²) in [7, 11) is 0. The summed E-state index contributed by atoms with van der Waals surface area (Å²) in [5.74, 6) is 2.64. The zero-order valence-corrected chi connectivity index (χ0v) is 11.2. The highest BCUT2D eigenvalue weighted by atomic mass is 16.5. The fraction of sp³-hybridized carbons (Fsp3) is 0.467. The van der Waals surface area contributed by atoms with Crippen molar-refractivity contribution in [2.45, 2.75) is 38.5 Å². The van der Waals surface area contributed by atoms with Gasteiger partial charge in [-0.25, -0.2) is 0 Å². The van der Waals surface area contributed by atoms with Gasteiger partial charge in [-0.1, -0.05) is 37.1 Å². The van der Waals surface area contributed by atoms with E-state index in [1.165, 1.54) is 12.8 Å². The number of rotatable bonds is 2. The minimum Gasteiger partial charge on any atom is -0.398 e. The molecule has 4 heteroatoms. The fourth-order valence-electron chi connectivity index (χ4n) is 2.72. The molecule has 0 bridgehead atoms. The van der Waals surface area contributed by atoms with E-state index in [9.17, 15) is 0 Å². The topological polar surface area (TPSA) is 64.9 Å². The average molecular weight is 257 g/mol. The zero-order chi connectivity index (χ0) is 13.2. The maximum absolute atomic E-state index is 5.93.